The predicted octanol–water partition coefficient (Wildman–Crippen LogP) is 1.89. The van der Waals surface area contributed by atoms with E-state index in [-0.39, 0.29) is 13.2 Å². The van der Waals surface area contributed by atoms with E-state index in [4.69, 9.17) is 4.74 Å². The lowest BCUT2D eigenvalue weighted by Gasteiger charge is -2.03. The van der Waals surface area contributed by atoms with Crippen LogP contribution in [0.15, 0.2) is 43.2 Å². The first-order chi connectivity index (χ1) is 6.83. The normalized spacial score (nSPS) is 9.14. The van der Waals surface area contributed by atoms with E-state index in [1.54, 1.807) is 0 Å². The Hall–Kier alpha value is -1.77. The third-order valence-corrected chi connectivity index (χ3v) is 1.56. The Morgan fingerprint density at radius 3 is 2.71 bits per heavy atom. The lowest BCUT2D eigenvalue weighted by Crippen LogP contribution is -2.10. The summed E-state index contributed by atoms with van der Waals surface area (Å²) in [7, 11) is 0. The largest absolute Gasteiger partial charge is 0.490 e. The van der Waals surface area contributed by atoms with E-state index in [1.807, 2.05) is 30.3 Å². The molecule has 0 atom stereocenters. The van der Waals surface area contributed by atoms with Crippen LogP contribution in [0.5, 0.6) is 0 Å². The van der Waals surface area contributed by atoms with Crippen molar-refractivity contribution in [2.45, 2.75) is 6.61 Å². The topological polar surface area (TPSA) is 35.5 Å². The highest BCUT2D eigenvalue weighted by molar-refractivity contribution is 5.70. The highest BCUT2D eigenvalue weighted by Crippen LogP contribution is 2.00. The SMILES string of the molecule is C=COCC(=O)OCc1ccccc1. The molecule has 0 fully saturated rings. The molecule has 3 heteroatoms. The van der Waals surface area contributed by atoms with E-state index in [0.29, 0.717) is 0 Å². The molecular formula is C11H12O3. The van der Waals surface area contributed by atoms with Crippen LogP contribution in [0.1, 0.15) is 5.56 Å². The Balaban J connectivity index is 2.27. The van der Waals surface area contributed by atoms with Gasteiger partial charge in [0.2, 0.25) is 0 Å². The molecule has 74 valence electrons. The van der Waals surface area contributed by atoms with Crippen molar-refractivity contribution in [1.29, 1.82) is 0 Å². The summed E-state index contributed by atoms with van der Waals surface area (Å²) in [5, 5.41) is 0. The maximum atomic E-state index is 11.0. The molecule has 0 aliphatic carbocycles. The Morgan fingerprint density at radius 2 is 2.07 bits per heavy atom. The lowest BCUT2D eigenvalue weighted by atomic mass is 10.2. The van der Waals surface area contributed by atoms with Crippen molar-refractivity contribution >= 4 is 5.97 Å². The summed E-state index contributed by atoms with van der Waals surface area (Å²) in [5.41, 5.74) is 0.958. The van der Waals surface area contributed by atoms with Gasteiger partial charge in [0.05, 0.1) is 6.26 Å². The van der Waals surface area contributed by atoms with Crippen LogP contribution >= 0.6 is 0 Å². The van der Waals surface area contributed by atoms with Crippen molar-refractivity contribution < 1.29 is 14.3 Å². The third-order valence-electron chi connectivity index (χ3n) is 1.56. The van der Waals surface area contributed by atoms with Crippen LogP contribution in [-0.4, -0.2) is 12.6 Å². The number of carbonyl (C=O) groups excluding carboxylic acids is 1. The van der Waals surface area contributed by atoms with Crippen LogP contribution in [0.2, 0.25) is 0 Å². The fourth-order valence-corrected chi connectivity index (χ4v) is 0.907. The molecule has 0 heterocycles. The summed E-state index contributed by atoms with van der Waals surface area (Å²) in [4.78, 5) is 11.0. The minimum absolute atomic E-state index is 0.0870. The second-order valence-corrected chi connectivity index (χ2v) is 2.62. The molecule has 0 saturated carbocycles. The average molecular weight is 192 g/mol. The number of benzene rings is 1. The Morgan fingerprint density at radius 1 is 1.36 bits per heavy atom. The molecule has 1 aromatic carbocycles. The van der Waals surface area contributed by atoms with Crippen molar-refractivity contribution in [3.63, 3.8) is 0 Å². The standard InChI is InChI=1S/C11H12O3/c1-2-13-9-11(12)14-8-10-6-4-3-5-7-10/h2-7H,1,8-9H2. The third kappa shape index (κ3) is 3.76. The number of hydrogen-bond donors (Lipinski definition) is 0. The van der Waals surface area contributed by atoms with Crippen LogP contribution in [0.4, 0.5) is 0 Å². The first kappa shape index (κ1) is 10.3. The number of carbonyl (C=O) groups is 1. The first-order valence-corrected chi connectivity index (χ1v) is 4.25. The van der Waals surface area contributed by atoms with Crippen molar-refractivity contribution in [3.8, 4) is 0 Å². The highest BCUT2D eigenvalue weighted by atomic mass is 16.6. The van der Waals surface area contributed by atoms with Gasteiger partial charge >= 0.3 is 5.97 Å². The smallest absolute Gasteiger partial charge is 0.344 e. The van der Waals surface area contributed by atoms with Gasteiger partial charge in [-0.1, -0.05) is 36.9 Å². The van der Waals surface area contributed by atoms with Gasteiger partial charge in [-0.15, -0.1) is 0 Å². The van der Waals surface area contributed by atoms with Gasteiger partial charge in [-0.25, -0.2) is 4.79 Å². The van der Waals surface area contributed by atoms with Gasteiger partial charge in [0.1, 0.15) is 6.61 Å². The van der Waals surface area contributed by atoms with Gasteiger partial charge in [-0.3, -0.25) is 0 Å². The van der Waals surface area contributed by atoms with Crippen LogP contribution < -0.4 is 0 Å². The van der Waals surface area contributed by atoms with Crippen LogP contribution in [-0.2, 0) is 20.9 Å². The number of rotatable bonds is 5. The fraction of sp³-hybridized carbons (Fsp3) is 0.182. The quantitative estimate of drug-likeness (QED) is 0.528. The number of hydrogen-bond acceptors (Lipinski definition) is 3. The molecule has 0 saturated heterocycles. The van der Waals surface area contributed by atoms with E-state index in [9.17, 15) is 4.79 Å². The van der Waals surface area contributed by atoms with Gasteiger partial charge in [0.15, 0.2) is 6.61 Å². The molecule has 0 bridgehead atoms. The molecule has 0 spiro atoms. The molecular weight excluding hydrogens is 180 g/mol. The number of ether oxygens (including phenoxy) is 2. The van der Waals surface area contributed by atoms with Gasteiger partial charge in [0.25, 0.3) is 0 Å². The van der Waals surface area contributed by atoms with Gasteiger partial charge in [-0.05, 0) is 5.56 Å². The molecule has 0 unspecified atom stereocenters. The summed E-state index contributed by atoms with van der Waals surface area (Å²) in [6.45, 7) is 3.51. The number of esters is 1. The maximum absolute atomic E-state index is 11.0. The molecule has 0 radical (unpaired) electrons. The molecule has 0 aliphatic rings. The first-order valence-electron chi connectivity index (χ1n) is 4.25. The summed E-state index contributed by atoms with van der Waals surface area (Å²) < 4.78 is 9.59. The van der Waals surface area contributed by atoms with Crippen molar-refractivity contribution in [3.05, 3.63) is 48.7 Å². The monoisotopic (exact) mass is 192 g/mol. The van der Waals surface area contributed by atoms with Crippen LogP contribution in [0.3, 0.4) is 0 Å². The minimum Gasteiger partial charge on any atom is -0.490 e. The zero-order valence-corrected chi connectivity index (χ0v) is 7.81. The van der Waals surface area contributed by atoms with Gasteiger partial charge in [-0.2, -0.15) is 0 Å². The van der Waals surface area contributed by atoms with Crippen molar-refractivity contribution in [2.75, 3.05) is 6.61 Å². The van der Waals surface area contributed by atoms with Gasteiger partial charge < -0.3 is 9.47 Å². The van der Waals surface area contributed by atoms with Crippen LogP contribution in [0, 0.1) is 0 Å². The Labute approximate surface area is 83.0 Å². The summed E-state index contributed by atoms with van der Waals surface area (Å²) >= 11 is 0. The minimum atomic E-state index is -0.395. The molecule has 0 aliphatic heterocycles. The highest BCUT2D eigenvalue weighted by Gasteiger charge is 2.01. The average Bonchev–Trinajstić information content (AvgIpc) is 2.25. The lowest BCUT2D eigenvalue weighted by molar-refractivity contribution is -0.148. The molecule has 1 rings (SSSR count). The molecule has 3 nitrogen and oxygen atoms in total. The Kier molecular flexibility index (Phi) is 4.27. The van der Waals surface area contributed by atoms with E-state index in [1.165, 1.54) is 6.26 Å². The molecule has 14 heavy (non-hydrogen) atoms. The van der Waals surface area contributed by atoms with E-state index in [0.717, 1.165) is 5.56 Å². The predicted molar refractivity (Wildman–Crippen MR) is 52.4 cm³/mol. The summed E-state index contributed by atoms with van der Waals surface area (Å²) in [6.07, 6.45) is 1.21. The molecule has 0 N–H and O–H groups in total. The zero-order chi connectivity index (χ0) is 10.2. The molecule has 0 aromatic heterocycles. The van der Waals surface area contributed by atoms with Gasteiger partial charge in [0, 0.05) is 0 Å². The van der Waals surface area contributed by atoms with E-state index >= 15 is 0 Å². The van der Waals surface area contributed by atoms with E-state index in [2.05, 4.69) is 11.3 Å². The second kappa shape index (κ2) is 5.80. The van der Waals surface area contributed by atoms with E-state index < -0.39 is 5.97 Å². The zero-order valence-electron chi connectivity index (χ0n) is 7.81. The summed E-state index contributed by atoms with van der Waals surface area (Å²) in [6, 6.07) is 9.47. The Bertz CT molecular complexity index is 293. The van der Waals surface area contributed by atoms with Crippen LogP contribution in [0.25, 0.3) is 0 Å². The fourth-order valence-electron chi connectivity index (χ4n) is 0.907. The molecule has 0 amide bonds. The summed E-state index contributed by atoms with van der Waals surface area (Å²) in [5.74, 6) is -0.395. The van der Waals surface area contributed by atoms with Crippen molar-refractivity contribution in [2.24, 2.45) is 0 Å². The van der Waals surface area contributed by atoms with Crippen molar-refractivity contribution in [1.82, 2.24) is 0 Å². The maximum Gasteiger partial charge on any atom is 0.344 e. The molecule has 1 aromatic rings. The second-order valence-electron chi connectivity index (χ2n) is 2.62.